The van der Waals surface area contributed by atoms with E-state index in [2.05, 4.69) is 6.08 Å². The molecule has 3 N–H and O–H groups in total. The van der Waals surface area contributed by atoms with Crippen LogP contribution in [0.5, 0.6) is 0 Å². The van der Waals surface area contributed by atoms with Gasteiger partial charge in [-0.1, -0.05) is 50.7 Å². The number of amides is 1. The maximum absolute atomic E-state index is 12.2. The first-order valence-corrected chi connectivity index (χ1v) is 13.5. The second-order valence-electron chi connectivity index (χ2n) is 10.2. The molecule has 4 unspecified atom stereocenters. The van der Waals surface area contributed by atoms with E-state index < -0.39 is 12.1 Å². The summed E-state index contributed by atoms with van der Waals surface area (Å²) < 4.78 is 0. The van der Waals surface area contributed by atoms with Crippen molar-refractivity contribution in [2.45, 2.75) is 121 Å². The van der Waals surface area contributed by atoms with Gasteiger partial charge < -0.3 is 20.2 Å². The Morgan fingerprint density at radius 3 is 2.27 bits per heavy atom. The molecule has 2 fully saturated rings. The SMILES string of the molecule is O=C(O)CCCCCCC1C(O)CCC1C=CC(O)CCCCCCC(=O)N1CCCCC1. The molecule has 0 bridgehead atoms. The van der Waals surface area contributed by atoms with Gasteiger partial charge in [0.15, 0.2) is 0 Å². The monoisotopic (exact) mass is 465 g/mol. The summed E-state index contributed by atoms with van der Waals surface area (Å²) in [6, 6.07) is 0. The van der Waals surface area contributed by atoms with Crippen LogP contribution in [0.4, 0.5) is 0 Å². The molecule has 2 rings (SSSR count). The lowest BCUT2D eigenvalue weighted by atomic mass is 9.88. The second-order valence-corrected chi connectivity index (χ2v) is 10.2. The molecule has 1 amide bonds. The number of carbonyl (C=O) groups excluding carboxylic acids is 1. The summed E-state index contributed by atoms with van der Waals surface area (Å²) in [6.45, 7) is 1.87. The van der Waals surface area contributed by atoms with E-state index in [1.54, 1.807) is 0 Å². The molecule has 0 spiro atoms. The normalized spacial score (nSPS) is 24.4. The minimum atomic E-state index is -0.729. The van der Waals surface area contributed by atoms with E-state index in [0.29, 0.717) is 18.2 Å². The largest absolute Gasteiger partial charge is 0.481 e. The fourth-order valence-corrected chi connectivity index (χ4v) is 5.38. The second kappa shape index (κ2) is 16.3. The van der Waals surface area contributed by atoms with Crippen LogP contribution in [0.2, 0.25) is 0 Å². The first-order valence-electron chi connectivity index (χ1n) is 13.5. The summed E-state index contributed by atoms with van der Waals surface area (Å²) in [7, 11) is 0. The molecule has 0 radical (unpaired) electrons. The van der Waals surface area contributed by atoms with Crippen molar-refractivity contribution in [3.05, 3.63) is 12.2 Å². The van der Waals surface area contributed by atoms with Crippen LogP contribution in [0.15, 0.2) is 12.2 Å². The van der Waals surface area contributed by atoms with Gasteiger partial charge in [-0.2, -0.15) is 0 Å². The molecule has 190 valence electrons. The van der Waals surface area contributed by atoms with E-state index >= 15 is 0 Å². The van der Waals surface area contributed by atoms with Crippen LogP contribution in [0.25, 0.3) is 0 Å². The Balaban J connectivity index is 1.54. The maximum Gasteiger partial charge on any atom is 0.303 e. The molecular formula is C27H47NO5. The summed E-state index contributed by atoms with van der Waals surface area (Å²) in [4.78, 5) is 24.8. The van der Waals surface area contributed by atoms with Crippen molar-refractivity contribution in [1.82, 2.24) is 4.90 Å². The van der Waals surface area contributed by atoms with Gasteiger partial charge >= 0.3 is 5.97 Å². The molecule has 2 aliphatic rings. The number of carboxylic acid groups (broad SMARTS) is 1. The molecular weight excluding hydrogens is 418 g/mol. The number of nitrogens with zero attached hydrogens (tertiary/aromatic N) is 1. The Morgan fingerprint density at radius 1 is 0.879 bits per heavy atom. The molecule has 4 atom stereocenters. The van der Waals surface area contributed by atoms with Gasteiger partial charge in [-0.05, 0) is 69.6 Å². The zero-order chi connectivity index (χ0) is 23.9. The van der Waals surface area contributed by atoms with E-state index in [9.17, 15) is 19.8 Å². The number of carboxylic acids is 1. The molecule has 1 aliphatic heterocycles. The summed E-state index contributed by atoms with van der Waals surface area (Å²) in [6.07, 6.45) is 19.0. The summed E-state index contributed by atoms with van der Waals surface area (Å²) in [5.74, 6) is 0.166. The van der Waals surface area contributed by atoms with Crippen molar-refractivity contribution >= 4 is 11.9 Å². The zero-order valence-corrected chi connectivity index (χ0v) is 20.5. The zero-order valence-electron chi connectivity index (χ0n) is 20.5. The van der Waals surface area contributed by atoms with Crippen molar-refractivity contribution in [2.24, 2.45) is 11.8 Å². The van der Waals surface area contributed by atoms with Crippen LogP contribution in [-0.2, 0) is 9.59 Å². The highest BCUT2D eigenvalue weighted by Gasteiger charge is 2.32. The lowest BCUT2D eigenvalue weighted by Gasteiger charge is -2.26. The van der Waals surface area contributed by atoms with Crippen molar-refractivity contribution in [1.29, 1.82) is 0 Å². The van der Waals surface area contributed by atoms with Crippen LogP contribution in [-0.4, -0.2) is 57.4 Å². The van der Waals surface area contributed by atoms with E-state index in [0.717, 1.165) is 103 Å². The molecule has 1 aliphatic carbocycles. The summed E-state index contributed by atoms with van der Waals surface area (Å²) in [5.41, 5.74) is 0. The Morgan fingerprint density at radius 2 is 1.55 bits per heavy atom. The smallest absolute Gasteiger partial charge is 0.303 e. The quantitative estimate of drug-likeness (QED) is 0.218. The Labute approximate surface area is 200 Å². The summed E-state index contributed by atoms with van der Waals surface area (Å²) >= 11 is 0. The van der Waals surface area contributed by atoms with Gasteiger partial charge in [0.1, 0.15) is 0 Å². The molecule has 1 saturated heterocycles. The third-order valence-corrected chi connectivity index (χ3v) is 7.45. The number of aliphatic carboxylic acids is 1. The minimum Gasteiger partial charge on any atom is -0.481 e. The van der Waals surface area contributed by atoms with Gasteiger partial charge in [0.05, 0.1) is 12.2 Å². The van der Waals surface area contributed by atoms with E-state index in [1.165, 1.54) is 6.42 Å². The maximum atomic E-state index is 12.2. The van der Waals surface area contributed by atoms with Crippen LogP contribution >= 0.6 is 0 Å². The third-order valence-electron chi connectivity index (χ3n) is 7.45. The highest BCUT2D eigenvalue weighted by Crippen LogP contribution is 2.37. The average molecular weight is 466 g/mol. The number of carbonyl (C=O) groups is 2. The molecule has 0 aromatic carbocycles. The first kappa shape index (κ1) is 27.8. The average Bonchev–Trinajstić information content (AvgIpc) is 3.16. The van der Waals surface area contributed by atoms with Gasteiger partial charge in [0, 0.05) is 25.9 Å². The fourth-order valence-electron chi connectivity index (χ4n) is 5.38. The van der Waals surface area contributed by atoms with Gasteiger partial charge in [-0.25, -0.2) is 0 Å². The summed E-state index contributed by atoms with van der Waals surface area (Å²) in [5, 5.41) is 29.4. The molecule has 6 nitrogen and oxygen atoms in total. The van der Waals surface area contributed by atoms with Crippen LogP contribution in [0.1, 0.15) is 109 Å². The number of hydrogen-bond donors (Lipinski definition) is 3. The number of likely N-dealkylation sites (tertiary alicyclic amines) is 1. The van der Waals surface area contributed by atoms with Crippen LogP contribution < -0.4 is 0 Å². The number of aliphatic hydroxyl groups is 2. The van der Waals surface area contributed by atoms with Crippen molar-refractivity contribution in [2.75, 3.05) is 13.1 Å². The predicted octanol–water partition coefficient (Wildman–Crippen LogP) is 5.07. The minimum absolute atomic E-state index is 0.242. The van der Waals surface area contributed by atoms with Crippen molar-refractivity contribution in [3.63, 3.8) is 0 Å². The van der Waals surface area contributed by atoms with Crippen molar-refractivity contribution < 1.29 is 24.9 Å². The van der Waals surface area contributed by atoms with E-state index in [1.807, 2.05) is 11.0 Å². The molecule has 6 heteroatoms. The number of unbranched alkanes of at least 4 members (excludes halogenated alkanes) is 6. The number of rotatable bonds is 16. The van der Waals surface area contributed by atoms with Gasteiger partial charge in [-0.15, -0.1) is 0 Å². The highest BCUT2D eigenvalue weighted by atomic mass is 16.4. The lowest BCUT2D eigenvalue weighted by molar-refractivity contribution is -0.137. The highest BCUT2D eigenvalue weighted by molar-refractivity contribution is 5.76. The Kier molecular flexibility index (Phi) is 13.7. The molecule has 1 heterocycles. The van der Waals surface area contributed by atoms with Crippen LogP contribution in [0.3, 0.4) is 0 Å². The molecule has 0 aromatic heterocycles. The number of piperidine rings is 1. The molecule has 1 saturated carbocycles. The standard InChI is InChI=1S/C27H47NO5/c29-23(12-6-1-3-8-14-26(31)28-20-10-5-11-21-28)18-16-22-17-19-25(30)24(22)13-7-2-4-9-15-27(32)33/h16,18,22-25,29-30H,1-15,17,19-21H2,(H,32,33). The Hall–Kier alpha value is -1.40. The molecule has 0 aromatic rings. The van der Waals surface area contributed by atoms with Gasteiger partial charge in [0.25, 0.3) is 0 Å². The fraction of sp³-hybridized carbons (Fsp3) is 0.852. The van der Waals surface area contributed by atoms with Gasteiger partial charge in [0.2, 0.25) is 5.91 Å². The van der Waals surface area contributed by atoms with E-state index in [-0.39, 0.29) is 18.4 Å². The van der Waals surface area contributed by atoms with Crippen molar-refractivity contribution in [3.8, 4) is 0 Å². The lowest BCUT2D eigenvalue weighted by Crippen LogP contribution is -2.35. The van der Waals surface area contributed by atoms with Gasteiger partial charge in [-0.3, -0.25) is 9.59 Å². The topological polar surface area (TPSA) is 98.1 Å². The number of aliphatic hydroxyl groups excluding tert-OH is 2. The predicted molar refractivity (Wildman–Crippen MR) is 131 cm³/mol. The number of hydrogen-bond acceptors (Lipinski definition) is 4. The third kappa shape index (κ3) is 11.5. The number of allylic oxidation sites excluding steroid dienone is 1. The first-order chi connectivity index (χ1) is 16.0. The van der Waals surface area contributed by atoms with E-state index in [4.69, 9.17) is 5.11 Å². The molecule has 33 heavy (non-hydrogen) atoms. The Bertz CT molecular complexity index is 587. The van der Waals surface area contributed by atoms with Crippen LogP contribution in [0, 0.1) is 11.8 Å².